The molecule has 3 heterocycles. The fourth-order valence-corrected chi connectivity index (χ4v) is 7.36. The number of likely N-dealkylation sites (tertiary alicyclic amines) is 1. The highest BCUT2D eigenvalue weighted by atomic mass is 16.7. The van der Waals surface area contributed by atoms with Crippen LogP contribution < -0.4 is 5.32 Å². The maximum Gasteiger partial charge on any atom is 0.410 e. The van der Waals surface area contributed by atoms with Gasteiger partial charge in [0.25, 0.3) is 0 Å². The largest absolute Gasteiger partial charge is 0.456 e. The van der Waals surface area contributed by atoms with E-state index in [1.54, 1.807) is 32.8 Å². The van der Waals surface area contributed by atoms with E-state index in [-0.39, 0.29) is 42.6 Å². The topological polar surface area (TPSA) is 125 Å². The fourth-order valence-electron chi connectivity index (χ4n) is 7.36. The number of cyclic esters (lactones) is 1. The van der Waals surface area contributed by atoms with Crippen LogP contribution in [0.1, 0.15) is 108 Å². The van der Waals surface area contributed by atoms with Gasteiger partial charge in [-0.1, -0.05) is 20.8 Å². The van der Waals surface area contributed by atoms with Gasteiger partial charge in [0.2, 0.25) is 5.79 Å². The molecule has 1 amide bonds. The van der Waals surface area contributed by atoms with E-state index in [4.69, 9.17) is 28.4 Å². The van der Waals surface area contributed by atoms with Crippen LogP contribution in [0.3, 0.4) is 0 Å². The van der Waals surface area contributed by atoms with E-state index >= 15 is 0 Å². The smallest absolute Gasteiger partial charge is 0.410 e. The van der Waals surface area contributed by atoms with Gasteiger partial charge in [0, 0.05) is 52.4 Å². The number of hydrogen-bond acceptors (Lipinski definition) is 10. The summed E-state index contributed by atoms with van der Waals surface area (Å²) in [4.78, 5) is 27.1. The van der Waals surface area contributed by atoms with Crippen molar-refractivity contribution >= 4 is 12.1 Å². The lowest BCUT2D eigenvalue weighted by Crippen LogP contribution is -2.53. The Morgan fingerprint density at radius 1 is 1.11 bits per heavy atom. The average molecular weight is 669 g/mol. The van der Waals surface area contributed by atoms with Gasteiger partial charge in [-0.25, -0.2) is 9.59 Å². The first kappa shape index (κ1) is 39.5. The van der Waals surface area contributed by atoms with Crippen molar-refractivity contribution < 1.29 is 43.1 Å². The molecule has 2 saturated heterocycles. The molecule has 0 aromatic heterocycles. The van der Waals surface area contributed by atoms with Gasteiger partial charge >= 0.3 is 12.1 Å². The molecule has 0 aromatic carbocycles. The van der Waals surface area contributed by atoms with Crippen LogP contribution in [0.2, 0.25) is 0 Å². The van der Waals surface area contributed by atoms with Crippen molar-refractivity contribution in [1.29, 1.82) is 0 Å². The number of nitrogens with one attached hydrogen (secondary N) is 1. The Bertz CT molecular complexity index is 1070. The highest BCUT2D eigenvalue weighted by Crippen LogP contribution is 2.41. The Kier molecular flexibility index (Phi) is 13.6. The van der Waals surface area contributed by atoms with Gasteiger partial charge in [0.05, 0.1) is 30.0 Å². The summed E-state index contributed by atoms with van der Waals surface area (Å²) < 4.78 is 36.7. The zero-order valence-corrected chi connectivity index (χ0v) is 31.1. The van der Waals surface area contributed by atoms with Crippen LogP contribution in [0.4, 0.5) is 4.79 Å². The number of aliphatic hydroxyl groups excluding tert-OH is 1. The molecule has 0 spiro atoms. The van der Waals surface area contributed by atoms with E-state index in [9.17, 15) is 14.7 Å². The zero-order valence-electron chi connectivity index (χ0n) is 31.1. The molecule has 0 radical (unpaired) electrons. The van der Waals surface area contributed by atoms with Crippen LogP contribution >= 0.6 is 0 Å². The number of amides is 1. The molecule has 2 fully saturated rings. The molecule has 0 aromatic rings. The Hall–Kier alpha value is -1.92. The SMILES string of the molecule is COC(C)(C[C@@H](C)CN[C@@H](CO)C1CCN(C(=O)OC(C)(C)C)CC1)C(O[C@H]1C[C@@H](C)C[C@@H](C)O1)[C@@H](C)C1=C(C)C(=O)OC(C)(C)O1. The van der Waals surface area contributed by atoms with Gasteiger partial charge in [-0.05, 0) is 91.5 Å². The molecule has 11 heteroatoms. The number of piperidine rings is 1. The first-order valence-electron chi connectivity index (χ1n) is 17.6. The molecular weight excluding hydrogens is 604 g/mol. The summed E-state index contributed by atoms with van der Waals surface area (Å²) in [5.74, 6) is -0.472. The second-order valence-electron chi connectivity index (χ2n) is 16.0. The molecule has 3 aliphatic heterocycles. The van der Waals surface area contributed by atoms with Crippen molar-refractivity contribution in [2.45, 2.75) is 150 Å². The summed E-state index contributed by atoms with van der Waals surface area (Å²) in [5, 5.41) is 13.9. The van der Waals surface area contributed by atoms with Gasteiger partial charge in [0.15, 0.2) is 6.29 Å². The van der Waals surface area contributed by atoms with Crippen molar-refractivity contribution in [3.8, 4) is 0 Å². The van der Waals surface area contributed by atoms with E-state index in [0.29, 0.717) is 43.3 Å². The standard InChI is InChI=1S/C36H64N2O9/c1-22-17-24(3)43-29(18-22)44-31(25(4)30-26(5)32(40)46-35(9,10)45-30)36(11,42-12)19-23(2)20-37-28(21-39)27-13-15-38(16-14-27)33(41)47-34(6,7)8/h22-25,27-29,31,37,39H,13-21H2,1-12H3/t22-,23+,24+,25-,28-,29-,31?,36?/m0/s1. The molecule has 0 saturated carbocycles. The molecule has 0 bridgehead atoms. The van der Waals surface area contributed by atoms with E-state index < -0.39 is 35.4 Å². The number of rotatable bonds is 13. The van der Waals surface area contributed by atoms with Crippen molar-refractivity contribution in [3.05, 3.63) is 11.3 Å². The van der Waals surface area contributed by atoms with Crippen molar-refractivity contribution in [2.24, 2.45) is 23.7 Å². The highest BCUT2D eigenvalue weighted by molar-refractivity contribution is 5.89. The van der Waals surface area contributed by atoms with Crippen LogP contribution in [0.25, 0.3) is 0 Å². The number of hydrogen-bond donors (Lipinski definition) is 2. The summed E-state index contributed by atoms with van der Waals surface area (Å²) in [6, 6.07) is -0.0895. The van der Waals surface area contributed by atoms with Crippen LogP contribution in [0.5, 0.6) is 0 Å². The zero-order chi connectivity index (χ0) is 35.3. The van der Waals surface area contributed by atoms with Crippen LogP contribution in [0.15, 0.2) is 11.3 Å². The molecule has 8 atom stereocenters. The fraction of sp³-hybridized carbons (Fsp3) is 0.889. The number of ether oxygens (including phenoxy) is 6. The maximum absolute atomic E-state index is 12.8. The number of methoxy groups -OCH3 is 1. The van der Waals surface area contributed by atoms with E-state index in [0.717, 1.165) is 25.7 Å². The normalized spacial score (nSPS) is 28.1. The summed E-state index contributed by atoms with van der Waals surface area (Å²) in [6.45, 7) is 23.2. The highest BCUT2D eigenvalue weighted by Gasteiger charge is 2.47. The quantitative estimate of drug-likeness (QED) is 0.233. The number of aliphatic hydroxyl groups is 1. The lowest BCUT2D eigenvalue weighted by atomic mass is 9.80. The number of carbonyl (C=O) groups is 2. The van der Waals surface area contributed by atoms with E-state index in [1.165, 1.54) is 0 Å². The van der Waals surface area contributed by atoms with Gasteiger partial charge in [-0.3, -0.25) is 0 Å². The Balaban J connectivity index is 1.73. The van der Waals surface area contributed by atoms with Crippen LogP contribution in [-0.4, -0.2) is 96.9 Å². The summed E-state index contributed by atoms with van der Waals surface area (Å²) in [6.07, 6.45) is 2.83. The van der Waals surface area contributed by atoms with E-state index in [2.05, 4.69) is 33.0 Å². The molecular formula is C36H64N2O9. The molecule has 272 valence electrons. The van der Waals surface area contributed by atoms with Crippen molar-refractivity contribution in [2.75, 3.05) is 33.4 Å². The molecule has 2 N–H and O–H groups in total. The molecule has 0 aliphatic carbocycles. The van der Waals surface area contributed by atoms with Gasteiger partial charge in [0.1, 0.15) is 11.4 Å². The Morgan fingerprint density at radius 2 is 1.74 bits per heavy atom. The lowest BCUT2D eigenvalue weighted by Gasteiger charge is -2.46. The van der Waals surface area contributed by atoms with Crippen LogP contribution in [0, 0.1) is 23.7 Å². The molecule has 11 nitrogen and oxygen atoms in total. The van der Waals surface area contributed by atoms with Gasteiger partial charge in [-0.15, -0.1) is 0 Å². The van der Waals surface area contributed by atoms with Gasteiger partial charge < -0.3 is 43.7 Å². The summed E-state index contributed by atoms with van der Waals surface area (Å²) >= 11 is 0. The molecule has 3 aliphatic rings. The number of nitrogens with zero attached hydrogens (tertiary/aromatic N) is 1. The summed E-state index contributed by atoms with van der Waals surface area (Å²) in [5.41, 5.74) is -0.878. The molecule has 47 heavy (non-hydrogen) atoms. The minimum atomic E-state index is -1.10. The predicted molar refractivity (Wildman–Crippen MR) is 179 cm³/mol. The maximum atomic E-state index is 12.8. The summed E-state index contributed by atoms with van der Waals surface area (Å²) in [7, 11) is 1.70. The van der Waals surface area contributed by atoms with Crippen molar-refractivity contribution in [3.63, 3.8) is 0 Å². The third-order valence-electron chi connectivity index (χ3n) is 9.76. The second-order valence-corrected chi connectivity index (χ2v) is 16.0. The number of carbonyl (C=O) groups excluding carboxylic acids is 2. The minimum absolute atomic E-state index is 0.0141. The third kappa shape index (κ3) is 11.0. The predicted octanol–water partition coefficient (Wildman–Crippen LogP) is 5.78. The van der Waals surface area contributed by atoms with Crippen LogP contribution in [-0.2, 0) is 33.2 Å². The molecule has 2 unspecified atom stereocenters. The minimum Gasteiger partial charge on any atom is -0.456 e. The monoisotopic (exact) mass is 668 g/mol. The average Bonchev–Trinajstić information content (AvgIpc) is 2.96. The molecule has 3 rings (SSSR count). The van der Waals surface area contributed by atoms with Crippen molar-refractivity contribution in [1.82, 2.24) is 10.2 Å². The lowest BCUT2D eigenvalue weighted by molar-refractivity contribution is -0.268. The first-order chi connectivity index (χ1) is 21.8. The Labute approximate surface area is 283 Å². The number of esters is 1. The third-order valence-corrected chi connectivity index (χ3v) is 9.76. The van der Waals surface area contributed by atoms with E-state index in [1.807, 2.05) is 27.7 Å². The van der Waals surface area contributed by atoms with Gasteiger partial charge in [-0.2, -0.15) is 0 Å². The second kappa shape index (κ2) is 16.2. The first-order valence-corrected chi connectivity index (χ1v) is 17.6. The Morgan fingerprint density at radius 3 is 2.30 bits per heavy atom.